The third-order valence-electron chi connectivity index (χ3n) is 3.30. The third kappa shape index (κ3) is 2.19. The zero-order valence-corrected chi connectivity index (χ0v) is 13.1. The van der Waals surface area contributed by atoms with Gasteiger partial charge < -0.3 is 5.32 Å². The lowest BCUT2D eigenvalue weighted by Crippen LogP contribution is -2.40. The molecule has 1 aliphatic rings. The fourth-order valence-corrected chi connectivity index (χ4v) is 3.08. The fourth-order valence-electron chi connectivity index (χ4n) is 2.14. The van der Waals surface area contributed by atoms with Crippen molar-refractivity contribution < 1.29 is 9.59 Å². The molecular formula is C13H9Cl2N3O2S. The van der Waals surface area contributed by atoms with E-state index in [0.717, 1.165) is 4.90 Å². The number of halogens is 2. The molecule has 2 aromatic rings. The number of carbonyl (C=O) groups is 2. The number of aromatic nitrogens is 1. The molecular weight excluding hydrogens is 333 g/mol. The van der Waals surface area contributed by atoms with E-state index in [4.69, 9.17) is 23.2 Å². The topological polar surface area (TPSA) is 62.3 Å². The second-order valence-corrected chi connectivity index (χ2v) is 6.33. The van der Waals surface area contributed by atoms with E-state index in [-0.39, 0.29) is 0 Å². The highest BCUT2D eigenvalue weighted by atomic mass is 35.5. The van der Waals surface area contributed by atoms with Crippen molar-refractivity contribution in [2.45, 2.75) is 12.5 Å². The van der Waals surface area contributed by atoms with Gasteiger partial charge in [-0.2, -0.15) is 0 Å². The Labute approximate surface area is 134 Å². The van der Waals surface area contributed by atoms with Crippen molar-refractivity contribution in [1.29, 1.82) is 0 Å². The Morgan fingerprint density at radius 2 is 2.05 bits per heavy atom. The van der Waals surface area contributed by atoms with Crippen LogP contribution in [0.3, 0.4) is 0 Å². The first-order valence-electron chi connectivity index (χ1n) is 5.95. The van der Waals surface area contributed by atoms with Crippen LogP contribution in [0.1, 0.15) is 12.5 Å². The number of anilines is 1. The maximum absolute atomic E-state index is 12.7. The standard InChI is InChI=1S/C13H9Cl2N3O2S/c1-13(7-2-3-8(14)9(15)6-7)10(19)18(11(20)17-13)12-16-4-5-21-12/h2-6H,1H3,(H,17,20)/t13-/m0/s1. The van der Waals surface area contributed by atoms with E-state index in [9.17, 15) is 9.59 Å². The predicted octanol–water partition coefficient (Wildman–Crippen LogP) is 3.42. The van der Waals surface area contributed by atoms with Crippen LogP contribution >= 0.6 is 34.5 Å². The van der Waals surface area contributed by atoms with Crippen LogP contribution in [0.15, 0.2) is 29.8 Å². The summed E-state index contributed by atoms with van der Waals surface area (Å²) >= 11 is 13.1. The molecule has 3 amide bonds. The average Bonchev–Trinajstić information content (AvgIpc) is 3.02. The molecule has 108 valence electrons. The van der Waals surface area contributed by atoms with Crippen LogP contribution in [-0.2, 0) is 10.3 Å². The van der Waals surface area contributed by atoms with Crippen molar-refractivity contribution in [3.63, 3.8) is 0 Å². The molecule has 1 aromatic carbocycles. The van der Waals surface area contributed by atoms with E-state index in [1.807, 2.05) is 0 Å². The molecule has 5 nitrogen and oxygen atoms in total. The van der Waals surface area contributed by atoms with Crippen molar-refractivity contribution in [2.75, 3.05) is 4.90 Å². The summed E-state index contributed by atoms with van der Waals surface area (Å²) in [4.78, 5) is 29.8. The van der Waals surface area contributed by atoms with Gasteiger partial charge in [0.2, 0.25) is 5.13 Å². The quantitative estimate of drug-likeness (QED) is 0.851. The maximum Gasteiger partial charge on any atom is 0.331 e. The molecule has 1 aliphatic heterocycles. The first-order chi connectivity index (χ1) is 9.93. The smallest absolute Gasteiger partial charge is 0.319 e. The minimum Gasteiger partial charge on any atom is -0.319 e. The van der Waals surface area contributed by atoms with Gasteiger partial charge in [-0.1, -0.05) is 29.3 Å². The zero-order valence-electron chi connectivity index (χ0n) is 10.8. The van der Waals surface area contributed by atoms with Crippen molar-refractivity contribution in [1.82, 2.24) is 10.3 Å². The van der Waals surface area contributed by atoms with Gasteiger partial charge in [-0.15, -0.1) is 11.3 Å². The van der Waals surface area contributed by atoms with Crippen molar-refractivity contribution >= 4 is 51.6 Å². The predicted molar refractivity (Wildman–Crippen MR) is 81.9 cm³/mol. The van der Waals surface area contributed by atoms with Crippen LogP contribution in [0.25, 0.3) is 0 Å². The number of nitrogens with one attached hydrogen (secondary N) is 1. The lowest BCUT2D eigenvalue weighted by Gasteiger charge is -2.22. The third-order valence-corrected chi connectivity index (χ3v) is 4.79. The van der Waals surface area contributed by atoms with Crippen molar-refractivity contribution in [2.24, 2.45) is 0 Å². The lowest BCUT2D eigenvalue weighted by molar-refractivity contribution is -0.121. The second kappa shape index (κ2) is 4.98. The molecule has 3 rings (SSSR count). The van der Waals surface area contributed by atoms with Gasteiger partial charge in [0.1, 0.15) is 5.54 Å². The molecule has 8 heteroatoms. The van der Waals surface area contributed by atoms with Crippen LogP contribution in [0.4, 0.5) is 9.93 Å². The maximum atomic E-state index is 12.7. The Kier molecular flexibility index (Phi) is 3.39. The molecule has 0 radical (unpaired) electrons. The van der Waals surface area contributed by atoms with Crippen molar-refractivity contribution in [3.05, 3.63) is 45.4 Å². The Morgan fingerprint density at radius 3 is 2.67 bits per heavy atom. The largest absolute Gasteiger partial charge is 0.331 e. The summed E-state index contributed by atoms with van der Waals surface area (Å²) < 4.78 is 0. The van der Waals surface area contributed by atoms with E-state index in [0.29, 0.717) is 20.7 Å². The summed E-state index contributed by atoms with van der Waals surface area (Å²) in [5.41, 5.74) is -0.633. The number of benzene rings is 1. The van der Waals surface area contributed by atoms with Crippen LogP contribution in [0, 0.1) is 0 Å². The van der Waals surface area contributed by atoms with Gasteiger partial charge in [-0.3, -0.25) is 4.79 Å². The summed E-state index contributed by atoms with van der Waals surface area (Å²) in [6, 6.07) is 4.32. The van der Waals surface area contributed by atoms with Gasteiger partial charge in [-0.05, 0) is 24.6 Å². The molecule has 1 fully saturated rings. The van der Waals surface area contributed by atoms with Crippen LogP contribution in [-0.4, -0.2) is 16.9 Å². The first kappa shape index (κ1) is 14.3. The fraction of sp³-hybridized carbons (Fsp3) is 0.154. The number of imide groups is 1. The summed E-state index contributed by atoms with van der Waals surface area (Å²) in [5.74, 6) is -0.402. The Hall–Kier alpha value is -1.63. The minimum absolute atomic E-state index is 0.324. The Bertz CT molecular complexity index is 735. The molecule has 0 aliphatic carbocycles. The molecule has 1 saturated heterocycles. The van der Waals surface area contributed by atoms with Crippen LogP contribution in [0.2, 0.25) is 10.0 Å². The number of thiazole rings is 1. The normalized spacial score (nSPS) is 21.8. The van der Waals surface area contributed by atoms with Crippen LogP contribution < -0.4 is 10.2 Å². The molecule has 0 saturated carbocycles. The average molecular weight is 342 g/mol. The van der Waals surface area contributed by atoms with Gasteiger partial charge in [0.05, 0.1) is 10.0 Å². The molecule has 0 spiro atoms. The number of urea groups is 1. The van der Waals surface area contributed by atoms with E-state index >= 15 is 0 Å². The number of rotatable bonds is 2. The zero-order chi connectivity index (χ0) is 15.2. The SMILES string of the molecule is C[C@@]1(c2ccc(Cl)c(Cl)c2)NC(=O)N(c2nccs2)C1=O. The van der Waals surface area contributed by atoms with Gasteiger partial charge in [0, 0.05) is 11.6 Å². The highest BCUT2D eigenvalue weighted by Crippen LogP contribution is 2.35. The number of hydrogen-bond donors (Lipinski definition) is 1. The van der Waals surface area contributed by atoms with Gasteiger partial charge in [0.25, 0.3) is 5.91 Å². The van der Waals surface area contributed by atoms with E-state index in [1.165, 1.54) is 17.5 Å². The Balaban J connectivity index is 2.04. The van der Waals surface area contributed by atoms with Gasteiger partial charge >= 0.3 is 6.03 Å². The monoisotopic (exact) mass is 341 g/mol. The van der Waals surface area contributed by atoms with E-state index in [2.05, 4.69) is 10.3 Å². The molecule has 2 heterocycles. The summed E-state index contributed by atoms with van der Waals surface area (Å²) in [6.07, 6.45) is 1.54. The number of nitrogens with zero attached hydrogens (tertiary/aromatic N) is 2. The molecule has 21 heavy (non-hydrogen) atoms. The summed E-state index contributed by atoms with van der Waals surface area (Å²) in [6.45, 7) is 1.63. The molecule has 1 atom stereocenters. The highest BCUT2D eigenvalue weighted by Gasteiger charge is 2.50. The minimum atomic E-state index is -1.20. The molecule has 0 bridgehead atoms. The summed E-state index contributed by atoms with van der Waals surface area (Å²) in [5, 5.41) is 5.43. The number of hydrogen-bond acceptors (Lipinski definition) is 4. The molecule has 1 N–H and O–H groups in total. The second-order valence-electron chi connectivity index (χ2n) is 4.64. The van der Waals surface area contributed by atoms with Crippen LogP contribution in [0.5, 0.6) is 0 Å². The lowest BCUT2D eigenvalue weighted by atomic mass is 9.92. The molecule has 1 aromatic heterocycles. The Morgan fingerprint density at radius 1 is 1.29 bits per heavy atom. The van der Waals surface area contributed by atoms with Gasteiger partial charge in [0.15, 0.2) is 0 Å². The summed E-state index contributed by atoms with van der Waals surface area (Å²) in [7, 11) is 0. The number of amides is 3. The highest BCUT2D eigenvalue weighted by molar-refractivity contribution is 7.14. The number of carbonyl (C=O) groups excluding carboxylic acids is 2. The van der Waals surface area contributed by atoms with E-state index in [1.54, 1.807) is 30.5 Å². The van der Waals surface area contributed by atoms with Gasteiger partial charge in [-0.25, -0.2) is 14.7 Å². The molecule has 0 unspecified atom stereocenters. The van der Waals surface area contributed by atoms with Crippen molar-refractivity contribution in [3.8, 4) is 0 Å². The first-order valence-corrected chi connectivity index (χ1v) is 7.59. The van der Waals surface area contributed by atoms with E-state index < -0.39 is 17.5 Å².